The first-order valence-corrected chi connectivity index (χ1v) is 10.3. The molecule has 1 fully saturated rings. The van der Waals surface area contributed by atoms with Gasteiger partial charge in [-0.1, -0.05) is 48.5 Å². The highest BCUT2D eigenvalue weighted by molar-refractivity contribution is 5.90. The zero-order chi connectivity index (χ0) is 20.1. The fraction of sp³-hybridized carbons (Fsp3) is 0.333. The van der Waals surface area contributed by atoms with Gasteiger partial charge in [-0.15, -0.1) is 0 Å². The first-order valence-electron chi connectivity index (χ1n) is 10.3. The number of esters is 1. The van der Waals surface area contributed by atoms with Crippen LogP contribution in [0.25, 0.3) is 5.69 Å². The normalized spacial score (nSPS) is 19.1. The Balaban J connectivity index is 1.57. The highest BCUT2D eigenvalue weighted by atomic mass is 16.5. The number of ether oxygens (including phenoxy) is 1. The van der Waals surface area contributed by atoms with Crippen LogP contribution in [0, 0.1) is 0 Å². The van der Waals surface area contributed by atoms with Crippen LogP contribution in [0.4, 0.5) is 0 Å². The number of aliphatic hydroxyl groups excluding tert-OH is 1. The van der Waals surface area contributed by atoms with Crippen LogP contribution >= 0.6 is 0 Å². The Bertz CT molecular complexity index is 929. The molecule has 1 N–H and O–H groups in total. The van der Waals surface area contributed by atoms with Gasteiger partial charge in [0, 0.05) is 0 Å². The van der Waals surface area contributed by atoms with Gasteiger partial charge in [-0.3, -0.25) is 0 Å². The smallest absolute Gasteiger partial charge is 0.341 e. The van der Waals surface area contributed by atoms with Crippen molar-refractivity contribution in [3.8, 4) is 5.69 Å². The molecule has 0 amide bonds. The lowest BCUT2D eigenvalue weighted by molar-refractivity contribution is 0.00449. The summed E-state index contributed by atoms with van der Waals surface area (Å²) >= 11 is 0. The second-order valence-corrected chi connectivity index (χ2v) is 7.57. The van der Waals surface area contributed by atoms with Crippen LogP contribution in [-0.2, 0) is 17.6 Å². The van der Waals surface area contributed by atoms with E-state index in [9.17, 15) is 9.90 Å². The van der Waals surface area contributed by atoms with Crippen LogP contribution in [0.2, 0.25) is 0 Å². The molecule has 2 aromatic carbocycles. The van der Waals surface area contributed by atoms with Gasteiger partial charge >= 0.3 is 5.97 Å². The van der Waals surface area contributed by atoms with E-state index in [1.165, 1.54) is 5.56 Å². The Morgan fingerprint density at radius 2 is 1.62 bits per heavy atom. The molecule has 29 heavy (non-hydrogen) atoms. The van der Waals surface area contributed by atoms with Gasteiger partial charge in [0.2, 0.25) is 0 Å². The number of carbonyl (C=O) groups is 1. The number of rotatable bonds is 6. The number of carbonyl (C=O) groups excluding carboxylic acids is 1. The van der Waals surface area contributed by atoms with Crippen molar-refractivity contribution in [3.05, 3.63) is 83.7 Å². The van der Waals surface area contributed by atoms with E-state index in [1.807, 2.05) is 53.2 Å². The summed E-state index contributed by atoms with van der Waals surface area (Å²) in [6.07, 6.45) is 5.50. The summed E-state index contributed by atoms with van der Waals surface area (Å²) in [4.78, 5) is 12.9. The van der Waals surface area contributed by atoms with Gasteiger partial charge in [0.05, 0.1) is 23.7 Å². The molecule has 1 aromatic heterocycles. The maximum absolute atomic E-state index is 12.9. The molecule has 0 bridgehead atoms. The van der Waals surface area contributed by atoms with Crippen molar-refractivity contribution in [2.75, 3.05) is 0 Å². The first kappa shape index (κ1) is 19.4. The van der Waals surface area contributed by atoms with E-state index in [0.29, 0.717) is 37.7 Å². The van der Waals surface area contributed by atoms with Gasteiger partial charge in [-0.25, -0.2) is 9.48 Å². The number of aliphatic hydroxyl groups is 1. The summed E-state index contributed by atoms with van der Waals surface area (Å²) in [6, 6.07) is 20.1. The van der Waals surface area contributed by atoms with Gasteiger partial charge in [-0.2, -0.15) is 5.10 Å². The molecule has 0 radical (unpaired) electrons. The Hall–Kier alpha value is -2.92. The summed E-state index contributed by atoms with van der Waals surface area (Å²) in [5.41, 5.74) is 3.53. The van der Waals surface area contributed by atoms with E-state index in [4.69, 9.17) is 4.74 Å². The van der Waals surface area contributed by atoms with E-state index >= 15 is 0 Å². The molecular formula is C24H26N2O3. The minimum atomic E-state index is -0.323. The van der Waals surface area contributed by atoms with E-state index in [0.717, 1.165) is 17.8 Å². The van der Waals surface area contributed by atoms with Crippen LogP contribution in [0.15, 0.2) is 66.9 Å². The Kier molecular flexibility index (Phi) is 6.06. The van der Waals surface area contributed by atoms with Crippen LogP contribution in [0.3, 0.4) is 0 Å². The third kappa shape index (κ3) is 4.74. The van der Waals surface area contributed by atoms with E-state index in [2.05, 4.69) is 17.2 Å². The molecule has 1 saturated carbocycles. The predicted molar refractivity (Wildman–Crippen MR) is 111 cm³/mol. The SMILES string of the molecule is O=C(OC1CCC(O)CC1)c1cnn(-c2ccccc2)c1CCc1ccccc1. The van der Waals surface area contributed by atoms with E-state index in [1.54, 1.807) is 6.20 Å². The molecule has 0 unspecified atom stereocenters. The Morgan fingerprint density at radius 3 is 2.31 bits per heavy atom. The van der Waals surface area contributed by atoms with Crippen molar-refractivity contribution in [3.63, 3.8) is 0 Å². The Labute approximate surface area is 171 Å². The summed E-state index contributed by atoms with van der Waals surface area (Å²) in [5, 5.41) is 14.2. The molecule has 1 aliphatic rings. The van der Waals surface area contributed by atoms with Gasteiger partial charge in [0.1, 0.15) is 11.7 Å². The summed E-state index contributed by atoms with van der Waals surface area (Å²) in [7, 11) is 0. The molecule has 1 heterocycles. The molecule has 5 nitrogen and oxygen atoms in total. The number of hydrogen-bond donors (Lipinski definition) is 1. The molecule has 0 atom stereocenters. The quantitative estimate of drug-likeness (QED) is 0.643. The van der Waals surface area contributed by atoms with Gasteiger partial charge < -0.3 is 9.84 Å². The minimum absolute atomic E-state index is 0.132. The maximum Gasteiger partial charge on any atom is 0.341 e. The monoisotopic (exact) mass is 390 g/mol. The molecular weight excluding hydrogens is 364 g/mol. The molecule has 1 aliphatic carbocycles. The number of nitrogens with zero attached hydrogens (tertiary/aromatic N) is 2. The molecule has 0 aliphatic heterocycles. The van der Waals surface area contributed by atoms with Crippen molar-refractivity contribution in [1.82, 2.24) is 9.78 Å². The average molecular weight is 390 g/mol. The van der Waals surface area contributed by atoms with Crippen molar-refractivity contribution in [2.24, 2.45) is 0 Å². The highest BCUT2D eigenvalue weighted by Crippen LogP contribution is 2.24. The topological polar surface area (TPSA) is 64.3 Å². The zero-order valence-corrected chi connectivity index (χ0v) is 16.4. The van der Waals surface area contributed by atoms with Crippen molar-refractivity contribution >= 4 is 5.97 Å². The minimum Gasteiger partial charge on any atom is -0.459 e. The lowest BCUT2D eigenvalue weighted by atomic mass is 9.95. The van der Waals surface area contributed by atoms with Crippen molar-refractivity contribution < 1.29 is 14.6 Å². The zero-order valence-electron chi connectivity index (χ0n) is 16.4. The van der Waals surface area contributed by atoms with Gasteiger partial charge in [0.15, 0.2) is 0 Å². The lowest BCUT2D eigenvalue weighted by Gasteiger charge is -2.25. The third-order valence-electron chi connectivity index (χ3n) is 5.50. The average Bonchev–Trinajstić information content (AvgIpc) is 3.19. The van der Waals surface area contributed by atoms with Crippen LogP contribution in [0.1, 0.15) is 47.3 Å². The van der Waals surface area contributed by atoms with Crippen LogP contribution in [-0.4, -0.2) is 33.1 Å². The summed E-state index contributed by atoms with van der Waals surface area (Å²) in [6.45, 7) is 0. The number of aryl methyl sites for hydroxylation is 1. The van der Waals surface area contributed by atoms with Crippen LogP contribution < -0.4 is 0 Å². The molecule has 5 heteroatoms. The second kappa shape index (κ2) is 9.05. The van der Waals surface area contributed by atoms with E-state index < -0.39 is 0 Å². The Morgan fingerprint density at radius 1 is 0.966 bits per heavy atom. The molecule has 150 valence electrons. The van der Waals surface area contributed by atoms with Gasteiger partial charge in [0.25, 0.3) is 0 Å². The lowest BCUT2D eigenvalue weighted by Crippen LogP contribution is -2.27. The first-order chi connectivity index (χ1) is 14.2. The van der Waals surface area contributed by atoms with Crippen LogP contribution in [0.5, 0.6) is 0 Å². The second-order valence-electron chi connectivity index (χ2n) is 7.57. The summed E-state index contributed by atoms with van der Waals surface area (Å²) < 4.78 is 7.60. The largest absolute Gasteiger partial charge is 0.459 e. The maximum atomic E-state index is 12.9. The molecule has 0 saturated heterocycles. The predicted octanol–water partition coefficient (Wildman–Crippen LogP) is 4.12. The number of para-hydroxylation sites is 1. The molecule has 0 spiro atoms. The number of aromatic nitrogens is 2. The third-order valence-corrected chi connectivity index (χ3v) is 5.50. The number of benzene rings is 2. The standard InChI is InChI=1S/C24H26N2O3/c27-20-12-14-21(15-13-20)29-24(28)22-17-25-26(19-9-5-2-6-10-19)23(22)16-11-18-7-3-1-4-8-18/h1-10,17,20-21,27H,11-16H2. The molecule has 4 rings (SSSR count). The number of hydrogen-bond acceptors (Lipinski definition) is 4. The summed E-state index contributed by atoms with van der Waals surface area (Å²) in [5.74, 6) is -0.323. The van der Waals surface area contributed by atoms with Crippen molar-refractivity contribution in [1.29, 1.82) is 0 Å². The highest BCUT2D eigenvalue weighted by Gasteiger charge is 2.26. The van der Waals surface area contributed by atoms with Crippen molar-refractivity contribution in [2.45, 2.75) is 50.7 Å². The fourth-order valence-corrected chi connectivity index (χ4v) is 3.86. The van der Waals surface area contributed by atoms with E-state index in [-0.39, 0.29) is 18.2 Å². The molecule has 3 aromatic rings. The fourth-order valence-electron chi connectivity index (χ4n) is 3.86. The van der Waals surface area contributed by atoms with Gasteiger partial charge in [-0.05, 0) is 56.2 Å².